The Bertz CT molecular complexity index is 1220. The van der Waals surface area contributed by atoms with Crippen LogP contribution in [-0.4, -0.2) is 65.3 Å². The van der Waals surface area contributed by atoms with E-state index in [2.05, 4.69) is 20.6 Å². The average Bonchev–Trinajstić information content (AvgIpc) is 3.40. The molecule has 1 saturated carbocycles. The lowest BCUT2D eigenvalue weighted by Gasteiger charge is -2.31. The number of hydrogen-bond donors (Lipinski definition) is 3. The first kappa shape index (κ1) is 25.6. The van der Waals surface area contributed by atoms with E-state index in [0.29, 0.717) is 44.6 Å². The van der Waals surface area contributed by atoms with Crippen molar-refractivity contribution in [2.24, 2.45) is 0 Å². The molecule has 1 aliphatic heterocycles. The molecule has 190 valence electrons. The predicted molar refractivity (Wildman–Crippen MR) is 125 cm³/mol. The predicted octanol–water partition coefficient (Wildman–Crippen LogP) is 3.26. The number of aliphatic hydroxyl groups excluding tert-OH is 1. The van der Waals surface area contributed by atoms with E-state index in [1.807, 2.05) is 6.07 Å². The van der Waals surface area contributed by atoms with Crippen molar-refractivity contribution in [3.63, 3.8) is 0 Å². The number of nitriles is 1. The molecule has 2 aromatic rings. The Morgan fingerprint density at radius 2 is 1.94 bits per heavy atom. The summed E-state index contributed by atoms with van der Waals surface area (Å²) < 4.78 is 66.4. The van der Waals surface area contributed by atoms with E-state index in [-0.39, 0.29) is 33.2 Å². The van der Waals surface area contributed by atoms with Crippen molar-refractivity contribution in [1.29, 1.82) is 5.26 Å². The van der Waals surface area contributed by atoms with Crippen molar-refractivity contribution in [1.82, 2.24) is 14.3 Å². The summed E-state index contributed by atoms with van der Waals surface area (Å²) in [6.45, 7) is 0.656. The number of halogens is 3. The zero-order valence-electron chi connectivity index (χ0n) is 18.8. The Labute approximate surface area is 205 Å². The lowest BCUT2D eigenvalue weighted by molar-refractivity contribution is -0.140. The van der Waals surface area contributed by atoms with Crippen molar-refractivity contribution >= 4 is 32.3 Å². The molecule has 4 rings (SSSR count). The van der Waals surface area contributed by atoms with Crippen molar-refractivity contribution in [3.05, 3.63) is 23.5 Å². The van der Waals surface area contributed by atoms with E-state index in [1.165, 1.54) is 16.6 Å². The van der Waals surface area contributed by atoms with Crippen LogP contribution in [0.4, 0.5) is 24.1 Å². The standard InChI is InChI=1S/C21H25F3N6O3S2/c1-35(32,33)30-7-5-13(6-8-30)27-17-9-14(12(10-25)11-26-17)18-19(21(22,23)24)29-20(34-18)28-15-3-2-4-16(15)31/h9,11,13,15-16,31H,2-8H2,1H3,(H,26,27)(H,28,29)/t15-,16-/m0/s1. The summed E-state index contributed by atoms with van der Waals surface area (Å²) in [6, 6.07) is 2.81. The van der Waals surface area contributed by atoms with Gasteiger partial charge in [-0.15, -0.1) is 0 Å². The van der Waals surface area contributed by atoms with E-state index < -0.39 is 28.0 Å². The zero-order valence-corrected chi connectivity index (χ0v) is 20.5. The molecule has 1 aliphatic carbocycles. The first-order valence-corrected chi connectivity index (χ1v) is 13.8. The Morgan fingerprint density at radius 3 is 2.51 bits per heavy atom. The summed E-state index contributed by atoms with van der Waals surface area (Å²) in [5.74, 6) is 0.291. The number of aromatic nitrogens is 2. The largest absolute Gasteiger partial charge is 0.434 e. The van der Waals surface area contributed by atoms with E-state index in [1.54, 1.807) is 0 Å². The van der Waals surface area contributed by atoms with Crippen molar-refractivity contribution in [3.8, 4) is 16.5 Å². The van der Waals surface area contributed by atoms with Gasteiger partial charge in [0, 0.05) is 30.9 Å². The topological polar surface area (TPSA) is 131 Å². The molecular weight excluding hydrogens is 505 g/mol. The molecular formula is C21H25F3N6O3S2. The van der Waals surface area contributed by atoms with Gasteiger partial charge < -0.3 is 15.7 Å². The van der Waals surface area contributed by atoms with Gasteiger partial charge in [0.15, 0.2) is 10.8 Å². The molecule has 3 heterocycles. The van der Waals surface area contributed by atoms with Gasteiger partial charge in [-0.2, -0.15) is 18.4 Å². The minimum Gasteiger partial charge on any atom is -0.391 e. The second-order valence-corrected chi connectivity index (χ2v) is 11.7. The molecule has 2 fully saturated rings. The van der Waals surface area contributed by atoms with Crippen LogP contribution in [0.15, 0.2) is 12.3 Å². The van der Waals surface area contributed by atoms with Gasteiger partial charge in [-0.3, -0.25) is 0 Å². The van der Waals surface area contributed by atoms with Crippen LogP contribution in [0, 0.1) is 11.3 Å². The molecule has 0 unspecified atom stereocenters. The number of rotatable bonds is 6. The van der Waals surface area contributed by atoms with Gasteiger partial charge in [-0.25, -0.2) is 22.7 Å². The quantitative estimate of drug-likeness (QED) is 0.519. The van der Waals surface area contributed by atoms with Crippen molar-refractivity contribution < 1.29 is 26.7 Å². The van der Waals surface area contributed by atoms with Gasteiger partial charge in [0.05, 0.1) is 28.8 Å². The van der Waals surface area contributed by atoms with Crippen LogP contribution in [0.25, 0.3) is 10.4 Å². The normalized spacial score (nSPS) is 22.2. The Balaban J connectivity index is 1.61. The molecule has 0 amide bonds. The third kappa shape index (κ3) is 5.85. The van der Waals surface area contributed by atoms with E-state index >= 15 is 0 Å². The Kier molecular flexibility index (Phi) is 7.23. The van der Waals surface area contributed by atoms with Crippen LogP contribution >= 0.6 is 11.3 Å². The first-order chi connectivity index (χ1) is 16.5. The molecule has 2 aliphatic rings. The SMILES string of the molecule is CS(=O)(=O)N1CCC(Nc2cc(-c3sc(N[C@H]4CCC[C@@H]4O)nc3C(F)(F)F)c(C#N)cn2)CC1. The highest BCUT2D eigenvalue weighted by molar-refractivity contribution is 7.88. The number of hydrogen-bond acceptors (Lipinski definition) is 9. The molecule has 2 atom stereocenters. The number of anilines is 2. The van der Waals surface area contributed by atoms with E-state index in [4.69, 9.17) is 0 Å². The number of aliphatic hydroxyl groups is 1. The van der Waals surface area contributed by atoms with Crippen molar-refractivity contribution in [2.75, 3.05) is 30.0 Å². The molecule has 14 heteroatoms. The summed E-state index contributed by atoms with van der Waals surface area (Å²) in [7, 11) is -3.28. The molecule has 0 spiro atoms. The third-order valence-corrected chi connectivity index (χ3v) is 8.55. The fourth-order valence-electron chi connectivity index (χ4n) is 4.38. The van der Waals surface area contributed by atoms with Crippen LogP contribution in [0.1, 0.15) is 43.4 Å². The highest BCUT2D eigenvalue weighted by Crippen LogP contribution is 2.44. The van der Waals surface area contributed by atoms with Gasteiger partial charge in [0.2, 0.25) is 10.0 Å². The minimum atomic E-state index is -4.75. The Hall–Kier alpha value is -2.47. The number of alkyl halides is 3. The molecule has 0 aromatic carbocycles. The van der Waals surface area contributed by atoms with Gasteiger partial charge in [0.25, 0.3) is 0 Å². The fourth-order valence-corrected chi connectivity index (χ4v) is 6.33. The second kappa shape index (κ2) is 9.88. The Morgan fingerprint density at radius 1 is 1.23 bits per heavy atom. The van der Waals surface area contributed by atoms with Crippen LogP contribution in [0.3, 0.4) is 0 Å². The van der Waals surface area contributed by atoms with Crippen LogP contribution in [-0.2, 0) is 16.2 Å². The lowest BCUT2D eigenvalue weighted by atomic mass is 10.1. The summed E-state index contributed by atoms with van der Waals surface area (Å²) in [4.78, 5) is 7.74. The maximum absolute atomic E-state index is 13.9. The summed E-state index contributed by atoms with van der Waals surface area (Å²) >= 11 is 0.782. The van der Waals surface area contributed by atoms with Crippen LogP contribution < -0.4 is 10.6 Å². The molecule has 0 bridgehead atoms. The van der Waals surface area contributed by atoms with Gasteiger partial charge >= 0.3 is 6.18 Å². The summed E-state index contributed by atoms with van der Waals surface area (Å²) in [5.41, 5.74) is -1.07. The van der Waals surface area contributed by atoms with Crippen LogP contribution in [0.5, 0.6) is 0 Å². The van der Waals surface area contributed by atoms with E-state index in [9.17, 15) is 32.0 Å². The first-order valence-electron chi connectivity index (χ1n) is 11.1. The van der Waals surface area contributed by atoms with Gasteiger partial charge in [0.1, 0.15) is 11.9 Å². The molecule has 35 heavy (non-hydrogen) atoms. The summed E-state index contributed by atoms with van der Waals surface area (Å²) in [5, 5.41) is 25.7. The summed E-state index contributed by atoms with van der Waals surface area (Å²) in [6.07, 6.45) is -0.0439. The molecule has 3 N–H and O–H groups in total. The molecule has 2 aromatic heterocycles. The highest BCUT2D eigenvalue weighted by Gasteiger charge is 2.39. The second-order valence-electron chi connectivity index (χ2n) is 8.75. The number of nitrogens with one attached hydrogen (secondary N) is 2. The number of thiazole rings is 1. The average molecular weight is 531 g/mol. The number of pyridine rings is 1. The smallest absolute Gasteiger partial charge is 0.391 e. The number of piperidine rings is 1. The monoisotopic (exact) mass is 530 g/mol. The van der Waals surface area contributed by atoms with Gasteiger partial charge in [-0.05, 0) is 38.2 Å². The number of sulfonamides is 1. The third-order valence-electron chi connectivity index (χ3n) is 6.23. The maximum atomic E-state index is 13.9. The van der Waals surface area contributed by atoms with E-state index in [0.717, 1.165) is 24.0 Å². The highest BCUT2D eigenvalue weighted by atomic mass is 32.2. The molecule has 1 saturated heterocycles. The fraction of sp³-hybridized carbons (Fsp3) is 0.571. The zero-order chi connectivity index (χ0) is 25.4. The molecule has 9 nitrogen and oxygen atoms in total. The van der Waals surface area contributed by atoms with Crippen LogP contribution in [0.2, 0.25) is 0 Å². The van der Waals surface area contributed by atoms with Crippen molar-refractivity contribution in [2.45, 2.75) is 56.5 Å². The molecule has 0 radical (unpaired) electrons. The van der Waals surface area contributed by atoms with Gasteiger partial charge in [-0.1, -0.05) is 11.3 Å². The lowest BCUT2D eigenvalue weighted by Crippen LogP contribution is -2.41. The number of nitrogens with zero attached hydrogens (tertiary/aromatic N) is 4. The minimum absolute atomic E-state index is 0.0240. The maximum Gasteiger partial charge on any atom is 0.434 e.